The number of hydrogen-bond acceptors (Lipinski definition) is 4. The normalized spacial score (nSPS) is 10.3. The Morgan fingerprint density at radius 2 is 1.91 bits per heavy atom. The average molecular weight is 343 g/mol. The summed E-state index contributed by atoms with van der Waals surface area (Å²) in [5, 5.41) is 6.18. The number of benzene rings is 1. The lowest BCUT2D eigenvalue weighted by Crippen LogP contribution is -2.25. The molecule has 1 aromatic carbocycles. The maximum absolute atomic E-state index is 12.7. The number of hydrogen-bond donors (Lipinski definition) is 2. The molecule has 22 heavy (non-hydrogen) atoms. The van der Waals surface area contributed by atoms with E-state index in [1.54, 1.807) is 0 Å². The minimum Gasteiger partial charge on any atom is -0.354 e. The van der Waals surface area contributed by atoms with Gasteiger partial charge in [-0.25, -0.2) is 9.37 Å². The fraction of sp³-hybridized carbons (Fsp3) is 0.214. The Morgan fingerprint density at radius 3 is 2.59 bits per heavy atom. The average Bonchev–Trinajstić information content (AvgIpc) is 2.51. The number of aromatic nitrogens is 2. The number of anilines is 1. The SMILES string of the molecule is O=C(NCCCNc1ncc(Cl)c(Cl)n1)c1ccc(F)cc1. The maximum Gasteiger partial charge on any atom is 0.251 e. The molecule has 2 N–H and O–H groups in total. The van der Waals surface area contributed by atoms with Gasteiger partial charge >= 0.3 is 0 Å². The van der Waals surface area contributed by atoms with E-state index in [1.165, 1.54) is 30.5 Å². The van der Waals surface area contributed by atoms with Crippen LogP contribution in [0.4, 0.5) is 10.3 Å². The van der Waals surface area contributed by atoms with Crippen molar-refractivity contribution in [2.75, 3.05) is 18.4 Å². The van der Waals surface area contributed by atoms with Crippen molar-refractivity contribution < 1.29 is 9.18 Å². The highest BCUT2D eigenvalue weighted by Crippen LogP contribution is 2.18. The third-order valence-electron chi connectivity index (χ3n) is 2.73. The molecular formula is C14H13Cl2FN4O. The van der Waals surface area contributed by atoms with E-state index in [-0.39, 0.29) is 16.9 Å². The van der Waals surface area contributed by atoms with Gasteiger partial charge in [-0.3, -0.25) is 4.79 Å². The summed E-state index contributed by atoms with van der Waals surface area (Å²) in [5.41, 5.74) is 0.419. The Labute approximate surface area is 136 Å². The van der Waals surface area contributed by atoms with E-state index >= 15 is 0 Å². The first-order valence-corrected chi connectivity index (χ1v) is 7.27. The quantitative estimate of drug-likeness (QED) is 0.625. The lowest BCUT2D eigenvalue weighted by Gasteiger charge is -2.07. The summed E-state index contributed by atoms with van der Waals surface area (Å²) in [6, 6.07) is 5.37. The molecule has 2 aromatic rings. The number of nitrogens with one attached hydrogen (secondary N) is 2. The lowest BCUT2D eigenvalue weighted by molar-refractivity contribution is 0.0953. The fourth-order valence-corrected chi connectivity index (χ4v) is 1.85. The monoisotopic (exact) mass is 342 g/mol. The second-order valence-electron chi connectivity index (χ2n) is 4.38. The lowest BCUT2D eigenvalue weighted by atomic mass is 10.2. The van der Waals surface area contributed by atoms with Gasteiger partial charge in [0.15, 0.2) is 5.15 Å². The number of carbonyl (C=O) groups excluding carboxylic acids is 1. The second kappa shape index (κ2) is 7.91. The smallest absolute Gasteiger partial charge is 0.251 e. The van der Waals surface area contributed by atoms with Gasteiger partial charge in [0.1, 0.15) is 5.82 Å². The molecule has 116 valence electrons. The summed E-state index contributed by atoms with van der Waals surface area (Å²) in [7, 11) is 0. The minimum atomic E-state index is -0.373. The third-order valence-corrected chi connectivity index (χ3v) is 3.39. The molecule has 0 saturated heterocycles. The van der Waals surface area contributed by atoms with E-state index in [9.17, 15) is 9.18 Å². The molecule has 0 atom stereocenters. The number of amides is 1. The van der Waals surface area contributed by atoms with Crippen LogP contribution in [-0.2, 0) is 0 Å². The summed E-state index contributed by atoms with van der Waals surface area (Å²) in [4.78, 5) is 19.7. The van der Waals surface area contributed by atoms with Gasteiger partial charge in [0, 0.05) is 18.7 Å². The molecule has 1 amide bonds. The van der Waals surface area contributed by atoms with Gasteiger partial charge in [-0.2, -0.15) is 4.98 Å². The summed E-state index contributed by atoms with van der Waals surface area (Å²) in [5.74, 6) is -0.243. The van der Waals surface area contributed by atoms with Crippen LogP contribution in [0.15, 0.2) is 30.5 Å². The molecule has 0 saturated carbocycles. The molecule has 0 aliphatic heterocycles. The number of carbonyl (C=O) groups is 1. The van der Waals surface area contributed by atoms with E-state index in [0.717, 1.165) is 0 Å². The zero-order valence-electron chi connectivity index (χ0n) is 11.4. The number of halogens is 3. The van der Waals surface area contributed by atoms with Crippen LogP contribution in [0.3, 0.4) is 0 Å². The van der Waals surface area contributed by atoms with E-state index in [1.807, 2.05) is 0 Å². The predicted octanol–water partition coefficient (Wildman–Crippen LogP) is 3.15. The molecule has 0 radical (unpaired) electrons. The Kier molecular flexibility index (Phi) is 5.91. The molecule has 0 aliphatic rings. The summed E-state index contributed by atoms with van der Waals surface area (Å²) >= 11 is 11.5. The van der Waals surface area contributed by atoms with Crippen LogP contribution in [0, 0.1) is 5.82 Å². The van der Waals surface area contributed by atoms with Gasteiger partial charge in [0.05, 0.1) is 11.2 Å². The first kappa shape index (κ1) is 16.5. The van der Waals surface area contributed by atoms with Gasteiger partial charge in [-0.1, -0.05) is 23.2 Å². The Hall–Kier alpha value is -1.92. The second-order valence-corrected chi connectivity index (χ2v) is 5.14. The molecule has 1 heterocycles. The summed E-state index contributed by atoms with van der Waals surface area (Å²) < 4.78 is 12.7. The van der Waals surface area contributed by atoms with Crippen LogP contribution in [0.5, 0.6) is 0 Å². The van der Waals surface area contributed by atoms with Crippen molar-refractivity contribution in [2.24, 2.45) is 0 Å². The molecule has 8 heteroatoms. The van der Waals surface area contributed by atoms with Gasteiger partial charge in [0.2, 0.25) is 5.95 Å². The van der Waals surface area contributed by atoms with Crippen LogP contribution >= 0.6 is 23.2 Å². The Morgan fingerprint density at radius 1 is 1.18 bits per heavy atom. The molecule has 0 spiro atoms. The van der Waals surface area contributed by atoms with Gasteiger partial charge in [-0.05, 0) is 30.7 Å². The van der Waals surface area contributed by atoms with Crippen LogP contribution in [0.1, 0.15) is 16.8 Å². The highest BCUT2D eigenvalue weighted by Gasteiger charge is 2.05. The van der Waals surface area contributed by atoms with Crippen molar-refractivity contribution in [2.45, 2.75) is 6.42 Å². The first-order valence-electron chi connectivity index (χ1n) is 6.52. The standard InChI is InChI=1S/C14H13Cl2FN4O/c15-11-8-20-14(21-12(11)16)19-7-1-6-18-13(22)9-2-4-10(17)5-3-9/h2-5,8H,1,6-7H2,(H,18,22)(H,19,20,21). The molecule has 1 aromatic heterocycles. The van der Waals surface area contributed by atoms with Gasteiger partial charge in [0.25, 0.3) is 5.91 Å². The van der Waals surface area contributed by atoms with E-state index in [0.29, 0.717) is 36.0 Å². The van der Waals surface area contributed by atoms with Crippen LogP contribution in [0.2, 0.25) is 10.2 Å². The topological polar surface area (TPSA) is 66.9 Å². The zero-order chi connectivity index (χ0) is 15.9. The van der Waals surface area contributed by atoms with E-state index in [4.69, 9.17) is 23.2 Å². The number of rotatable bonds is 6. The van der Waals surface area contributed by atoms with E-state index < -0.39 is 0 Å². The fourth-order valence-electron chi connectivity index (χ4n) is 1.63. The first-order chi connectivity index (χ1) is 10.6. The van der Waals surface area contributed by atoms with Crippen LogP contribution in [-0.4, -0.2) is 29.0 Å². The minimum absolute atomic E-state index is 0.184. The Bertz CT molecular complexity index is 652. The van der Waals surface area contributed by atoms with Crippen molar-refractivity contribution in [1.82, 2.24) is 15.3 Å². The van der Waals surface area contributed by atoms with Crippen molar-refractivity contribution in [3.05, 3.63) is 52.0 Å². The highest BCUT2D eigenvalue weighted by atomic mass is 35.5. The maximum atomic E-state index is 12.7. The molecular weight excluding hydrogens is 330 g/mol. The van der Waals surface area contributed by atoms with Crippen molar-refractivity contribution in [3.8, 4) is 0 Å². The molecule has 2 rings (SSSR count). The van der Waals surface area contributed by atoms with Crippen molar-refractivity contribution in [3.63, 3.8) is 0 Å². The highest BCUT2D eigenvalue weighted by molar-refractivity contribution is 6.41. The molecule has 0 bridgehead atoms. The Balaban J connectivity index is 1.69. The summed E-state index contributed by atoms with van der Waals surface area (Å²) in [6.45, 7) is 1.02. The molecule has 0 aliphatic carbocycles. The van der Waals surface area contributed by atoms with Gasteiger partial charge < -0.3 is 10.6 Å². The van der Waals surface area contributed by atoms with Crippen molar-refractivity contribution in [1.29, 1.82) is 0 Å². The number of nitrogens with zero attached hydrogens (tertiary/aromatic N) is 2. The molecule has 0 fully saturated rings. The third kappa shape index (κ3) is 4.82. The zero-order valence-corrected chi connectivity index (χ0v) is 13.0. The largest absolute Gasteiger partial charge is 0.354 e. The van der Waals surface area contributed by atoms with Crippen LogP contribution < -0.4 is 10.6 Å². The van der Waals surface area contributed by atoms with Crippen molar-refractivity contribution >= 4 is 35.1 Å². The van der Waals surface area contributed by atoms with Crippen LogP contribution in [0.25, 0.3) is 0 Å². The summed E-state index contributed by atoms with van der Waals surface area (Å²) in [6.07, 6.45) is 2.08. The molecule has 5 nitrogen and oxygen atoms in total. The van der Waals surface area contributed by atoms with E-state index in [2.05, 4.69) is 20.6 Å². The van der Waals surface area contributed by atoms with Gasteiger partial charge in [-0.15, -0.1) is 0 Å². The predicted molar refractivity (Wildman–Crippen MR) is 83.9 cm³/mol. The molecule has 0 unspecified atom stereocenters.